The van der Waals surface area contributed by atoms with E-state index in [1.807, 2.05) is 4.90 Å². The van der Waals surface area contributed by atoms with Crippen molar-refractivity contribution in [3.05, 3.63) is 0 Å². The maximum atomic E-state index is 11.4. The minimum Gasteiger partial charge on any atom is -0.481 e. The molecule has 6 nitrogen and oxygen atoms in total. The van der Waals surface area contributed by atoms with E-state index in [-0.39, 0.29) is 17.5 Å². The van der Waals surface area contributed by atoms with Crippen LogP contribution in [0, 0.1) is 5.92 Å². The summed E-state index contributed by atoms with van der Waals surface area (Å²) in [6.45, 7) is 2.32. The van der Waals surface area contributed by atoms with E-state index < -0.39 is 33.9 Å². The lowest BCUT2D eigenvalue weighted by atomic mass is 10.0. The highest BCUT2D eigenvalue weighted by molar-refractivity contribution is 7.91. The SMILES string of the molecule is CC1C(C(=O)O)CCN1C1CS(=O)(=O)CC1O. The molecule has 2 rings (SSSR count). The number of nitrogens with zero attached hydrogens (tertiary/aromatic N) is 1. The van der Waals surface area contributed by atoms with Crippen LogP contribution >= 0.6 is 0 Å². The second kappa shape index (κ2) is 4.22. The molecule has 7 heteroatoms. The number of carbonyl (C=O) groups is 1. The van der Waals surface area contributed by atoms with E-state index in [2.05, 4.69) is 0 Å². The molecule has 0 aromatic carbocycles. The van der Waals surface area contributed by atoms with E-state index in [4.69, 9.17) is 5.11 Å². The van der Waals surface area contributed by atoms with Crippen LogP contribution in [0.4, 0.5) is 0 Å². The molecule has 2 N–H and O–H groups in total. The van der Waals surface area contributed by atoms with Crippen LogP contribution in [0.25, 0.3) is 0 Å². The minimum atomic E-state index is -3.18. The summed E-state index contributed by atoms with van der Waals surface area (Å²) in [7, 11) is -3.18. The van der Waals surface area contributed by atoms with Gasteiger partial charge >= 0.3 is 5.97 Å². The first-order chi connectivity index (χ1) is 7.82. The number of rotatable bonds is 2. The molecule has 0 radical (unpaired) electrons. The monoisotopic (exact) mass is 263 g/mol. The standard InChI is InChI=1S/C10H17NO5S/c1-6-7(10(13)14)2-3-11(6)8-4-17(15,16)5-9(8)12/h6-9,12H,2-5H2,1H3,(H,13,14). The lowest BCUT2D eigenvalue weighted by Crippen LogP contribution is -2.46. The highest BCUT2D eigenvalue weighted by atomic mass is 32.2. The van der Waals surface area contributed by atoms with Gasteiger partial charge in [0, 0.05) is 6.04 Å². The summed E-state index contributed by atoms with van der Waals surface area (Å²) in [5, 5.41) is 18.8. The molecule has 0 saturated carbocycles. The Balaban J connectivity index is 2.13. The summed E-state index contributed by atoms with van der Waals surface area (Å²) in [6.07, 6.45) is -0.380. The molecule has 0 aromatic heterocycles. The molecule has 4 atom stereocenters. The van der Waals surface area contributed by atoms with Crippen molar-refractivity contribution in [2.45, 2.75) is 31.5 Å². The average Bonchev–Trinajstić information content (AvgIpc) is 2.66. The van der Waals surface area contributed by atoms with Crippen molar-refractivity contribution in [1.29, 1.82) is 0 Å². The number of hydrogen-bond acceptors (Lipinski definition) is 5. The van der Waals surface area contributed by atoms with Gasteiger partial charge in [0.1, 0.15) is 0 Å². The number of aliphatic hydroxyl groups excluding tert-OH is 1. The first-order valence-electron chi connectivity index (χ1n) is 5.69. The van der Waals surface area contributed by atoms with E-state index in [9.17, 15) is 18.3 Å². The molecular weight excluding hydrogens is 246 g/mol. The second-order valence-electron chi connectivity index (χ2n) is 4.92. The van der Waals surface area contributed by atoms with Crippen LogP contribution in [0.5, 0.6) is 0 Å². The first kappa shape index (κ1) is 12.8. The summed E-state index contributed by atoms with van der Waals surface area (Å²) in [5.74, 6) is -1.59. The summed E-state index contributed by atoms with van der Waals surface area (Å²) in [5.41, 5.74) is 0. The molecule has 2 aliphatic rings. The van der Waals surface area contributed by atoms with Crippen LogP contribution in [-0.4, -0.2) is 65.7 Å². The minimum absolute atomic E-state index is 0.0646. The zero-order valence-corrected chi connectivity index (χ0v) is 10.4. The van der Waals surface area contributed by atoms with Gasteiger partial charge in [0.25, 0.3) is 0 Å². The predicted molar refractivity (Wildman–Crippen MR) is 60.4 cm³/mol. The number of carboxylic acids is 1. The second-order valence-corrected chi connectivity index (χ2v) is 7.08. The molecule has 4 unspecified atom stereocenters. The molecule has 0 aliphatic carbocycles. The van der Waals surface area contributed by atoms with Gasteiger partial charge in [0.05, 0.1) is 29.6 Å². The number of sulfone groups is 1. The molecule has 2 aliphatic heterocycles. The third-order valence-corrected chi connectivity index (χ3v) is 5.54. The molecule has 2 saturated heterocycles. The van der Waals surface area contributed by atoms with Gasteiger partial charge in [-0.1, -0.05) is 0 Å². The van der Waals surface area contributed by atoms with Crippen LogP contribution in [0.15, 0.2) is 0 Å². The van der Waals surface area contributed by atoms with Gasteiger partial charge in [-0.05, 0) is 19.9 Å². The van der Waals surface area contributed by atoms with Gasteiger partial charge in [-0.3, -0.25) is 9.69 Å². The maximum Gasteiger partial charge on any atom is 0.308 e. The number of likely N-dealkylation sites (tertiary alicyclic amines) is 1. The lowest BCUT2D eigenvalue weighted by molar-refractivity contribution is -0.142. The zero-order valence-electron chi connectivity index (χ0n) is 9.61. The quantitative estimate of drug-likeness (QED) is 0.659. The van der Waals surface area contributed by atoms with Gasteiger partial charge in [-0.25, -0.2) is 8.42 Å². The molecule has 0 amide bonds. The van der Waals surface area contributed by atoms with Crippen molar-refractivity contribution in [3.8, 4) is 0 Å². The molecule has 0 aromatic rings. The van der Waals surface area contributed by atoms with Gasteiger partial charge in [-0.2, -0.15) is 0 Å². The lowest BCUT2D eigenvalue weighted by Gasteiger charge is -2.30. The summed E-state index contributed by atoms with van der Waals surface area (Å²) < 4.78 is 22.9. The summed E-state index contributed by atoms with van der Waals surface area (Å²) in [6, 6.07) is -0.667. The van der Waals surface area contributed by atoms with Crippen LogP contribution < -0.4 is 0 Å². The van der Waals surface area contributed by atoms with Crippen molar-refractivity contribution in [2.24, 2.45) is 5.92 Å². The highest BCUT2D eigenvalue weighted by Gasteiger charge is 2.46. The fraction of sp³-hybridized carbons (Fsp3) is 0.900. The van der Waals surface area contributed by atoms with Crippen molar-refractivity contribution < 1.29 is 23.4 Å². The van der Waals surface area contributed by atoms with Crippen LogP contribution in [0.2, 0.25) is 0 Å². The Bertz CT molecular complexity index is 420. The number of aliphatic hydroxyl groups is 1. The molecule has 0 spiro atoms. The highest BCUT2D eigenvalue weighted by Crippen LogP contribution is 2.30. The Hall–Kier alpha value is -0.660. The third-order valence-electron chi connectivity index (χ3n) is 3.84. The van der Waals surface area contributed by atoms with Crippen LogP contribution in [0.1, 0.15) is 13.3 Å². The Morgan fingerprint density at radius 3 is 2.41 bits per heavy atom. The molecule has 2 heterocycles. The number of aliphatic carboxylic acids is 1. The van der Waals surface area contributed by atoms with Crippen molar-refractivity contribution in [1.82, 2.24) is 4.90 Å². The van der Waals surface area contributed by atoms with Crippen molar-refractivity contribution >= 4 is 15.8 Å². The first-order valence-corrected chi connectivity index (χ1v) is 7.51. The van der Waals surface area contributed by atoms with Crippen LogP contribution in [0.3, 0.4) is 0 Å². The summed E-state index contributed by atoms with van der Waals surface area (Å²) in [4.78, 5) is 12.8. The van der Waals surface area contributed by atoms with Gasteiger partial charge in [-0.15, -0.1) is 0 Å². The van der Waals surface area contributed by atoms with E-state index in [0.717, 1.165) is 0 Å². The smallest absolute Gasteiger partial charge is 0.308 e. The summed E-state index contributed by atoms with van der Waals surface area (Å²) >= 11 is 0. The van der Waals surface area contributed by atoms with E-state index in [0.29, 0.717) is 13.0 Å². The Morgan fingerprint density at radius 1 is 1.35 bits per heavy atom. The van der Waals surface area contributed by atoms with Crippen LogP contribution in [-0.2, 0) is 14.6 Å². The molecule has 98 valence electrons. The van der Waals surface area contributed by atoms with E-state index in [1.54, 1.807) is 6.92 Å². The maximum absolute atomic E-state index is 11.4. The largest absolute Gasteiger partial charge is 0.481 e. The molecule has 17 heavy (non-hydrogen) atoms. The van der Waals surface area contributed by atoms with Gasteiger partial charge in [0.2, 0.25) is 0 Å². The Kier molecular flexibility index (Phi) is 3.17. The normalized spacial score (nSPS) is 41.8. The Labute approximate surface area is 100 Å². The van der Waals surface area contributed by atoms with Gasteiger partial charge < -0.3 is 10.2 Å². The fourth-order valence-corrected chi connectivity index (χ4v) is 4.70. The van der Waals surface area contributed by atoms with E-state index >= 15 is 0 Å². The third kappa shape index (κ3) is 2.31. The average molecular weight is 263 g/mol. The van der Waals surface area contributed by atoms with Crippen molar-refractivity contribution in [3.63, 3.8) is 0 Å². The molecule has 2 fully saturated rings. The molecule has 0 bridgehead atoms. The number of hydrogen-bond donors (Lipinski definition) is 2. The topological polar surface area (TPSA) is 94.9 Å². The number of carboxylic acid groups (broad SMARTS) is 1. The van der Waals surface area contributed by atoms with Crippen molar-refractivity contribution in [2.75, 3.05) is 18.1 Å². The zero-order chi connectivity index (χ0) is 12.8. The fourth-order valence-electron chi connectivity index (χ4n) is 2.89. The van der Waals surface area contributed by atoms with E-state index in [1.165, 1.54) is 0 Å². The predicted octanol–water partition coefficient (Wildman–Crippen LogP) is -1.06. The Morgan fingerprint density at radius 2 is 2.00 bits per heavy atom. The molecular formula is C10H17NO5S. The van der Waals surface area contributed by atoms with Gasteiger partial charge in [0.15, 0.2) is 9.84 Å².